The third-order valence-corrected chi connectivity index (χ3v) is 8.48. The van der Waals surface area contributed by atoms with Crippen molar-refractivity contribution in [2.75, 3.05) is 0 Å². The van der Waals surface area contributed by atoms with Gasteiger partial charge in [-0.1, -0.05) is 125 Å². The first kappa shape index (κ1) is 38.6. The van der Waals surface area contributed by atoms with E-state index in [1.807, 2.05) is 13.8 Å². The van der Waals surface area contributed by atoms with Gasteiger partial charge in [0, 0.05) is 0 Å². The molecule has 7 atom stereocenters. The summed E-state index contributed by atoms with van der Waals surface area (Å²) < 4.78 is 13.0. The van der Waals surface area contributed by atoms with Crippen molar-refractivity contribution in [1.29, 1.82) is 0 Å². The molecule has 7 unspecified atom stereocenters. The summed E-state index contributed by atoms with van der Waals surface area (Å²) in [7, 11) is 0. The quantitative estimate of drug-likeness (QED) is 0.223. The van der Waals surface area contributed by atoms with Crippen LogP contribution in [0.5, 0.6) is 0 Å². The smallest absolute Gasteiger partial charge is 0.0973 e. The molecule has 0 aromatic rings. The summed E-state index contributed by atoms with van der Waals surface area (Å²) in [4.78, 5) is 0. The lowest BCUT2D eigenvalue weighted by Gasteiger charge is -2.24. The molecule has 0 aromatic carbocycles. The summed E-state index contributed by atoms with van der Waals surface area (Å²) in [5.41, 5.74) is 1.38. The van der Waals surface area contributed by atoms with Crippen LogP contribution in [0.25, 0.3) is 0 Å². The fourth-order valence-electron chi connectivity index (χ4n) is 5.70. The maximum atomic E-state index is 13.0. The van der Waals surface area contributed by atoms with Crippen molar-refractivity contribution in [3.05, 3.63) is 24.3 Å². The van der Waals surface area contributed by atoms with E-state index in [1.54, 1.807) is 6.92 Å². The molecule has 2 aliphatic carbocycles. The first-order valence-corrected chi connectivity index (χ1v) is 16.5. The Hall–Kier alpha value is -0.590. The Balaban J connectivity index is 0. The zero-order valence-corrected chi connectivity index (χ0v) is 27.6. The van der Waals surface area contributed by atoms with Crippen LogP contribution in [-0.4, -0.2) is 6.17 Å². The van der Waals surface area contributed by atoms with Crippen LogP contribution < -0.4 is 0 Å². The maximum Gasteiger partial charge on any atom is 0.0973 e. The number of rotatable bonds is 12. The zero-order valence-electron chi connectivity index (χ0n) is 27.6. The topological polar surface area (TPSA) is 0 Å². The summed E-state index contributed by atoms with van der Waals surface area (Å²) in [5, 5.41) is 0. The van der Waals surface area contributed by atoms with Crippen molar-refractivity contribution in [2.24, 2.45) is 41.4 Å². The first-order valence-electron chi connectivity index (χ1n) is 16.5. The molecule has 2 saturated carbocycles. The molecule has 2 aliphatic rings. The summed E-state index contributed by atoms with van der Waals surface area (Å²) >= 11 is 0. The molecule has 0 bridgehead atoms. The Bertz CT molecular complexity index is 520. The highest BCUT2D eigenvalue weighted by atomic mass is 19.1. The van der Waals surface area contributed by atoms with Gasteiger partial charge in [-0.2, -0.15) is 0 Å². The molecule has 37 heavy (non-hydrogen) atoms. The molecular weight excluding hydrogens is 451 g/mol. The van der Waals surface area contributed by atoms with Gasteiger partial charge in [0.05, 0.1) is 6.17 Å². The van der Waals surface area contributed by atoms with Crippen molar-refractivity contribution in [1.82, 2.24) is 0 Å². The minimum absolute atomic E-state index is 0.650. The second kappa shape index (κ2) is 24.5. The van der Waals surface area contributed by atoms with Gasteiger partial charge in [0.25, 0.3) is 0 Å². The standard InChI is InChI=1S/C23H41F.C7H14.C4H10.C2H6/c1-6-20(14-13-19(5)24)11-9-8-10-12-23(18(3)4)22-16-15-21(7-2)17-22;1-6-4-3-5-7(6)2;1-4(2)3;1-2/h8-9,19-23H,3,6-7,10-17H2,1-2,4-5H3;6-7H,3-5H2,1-2H3;4H,1-3H3;1-2H3/b9-8-;;;. The molecule has 0 amide bonds. The lowest BCUT2D eigenvalue weighted by atomic mass is 9.82. The monoisotopic (exact) mass is 523 g/mol. The van der Waals surface area contributed by atoms with Crippen LogP contribution in [0.15, 0.2) is 24.3 Å². The Kier molecular flexibility index (Phi) is 25.5. The zero-order chi connectivity index (χ0) is 28.8. The molecular formula is C36H71F. The highest BCUT2D eigenvalue weighted by Crippen LogP contribution is 2.41. The largest absolute Gasteiger partial charge is 0.248 e. The Labute approximate surface area is 235 Å². The minimum atomic E-state index is -0.655. The average Bonchev–Trinajstić information content (AvgIpc) is 3.47. The van der Waals surface area contributed by atoms with Crippen LogP contribution >= 0.6 is 0 Å². The van der Waals surface area contributed by atoms with Crippen LogP contribution in [0.3, 0.4) is 0 Å². The second-order valence-corrected chi connectivity index (χ2v) is 12.8. The fraction of sp³-hybridized carbons (Fsp3) is 0.889. The van der Waals surface area contributed by atoms with Crippen LogP contribution in [0.1, 0.15) is 160 Å². The molecule has 0 heterocycles. The van der Waals surface area contributed by atoms with Crippen LogP contribution in [0.2, 0.25) is 0 Å². The van der Waals surface area contributed by atoms with Gasteiger partial charge in [0.1, 0.15) is 0 Å². The normalized spacial score (nSPS) is 25.3. The van der Waals surface area contributed by atoms with Gasteiger partial charge in [0.2, 0.25) is 0 Å². The third-order valence-electron chi connectivity index (χ3n) is 8.48. The molecule has 0 saturated heterocycles. The minimum Gasteiger partial charge on any atom is -0.248 e. The SMILES string of the molecule is C=C(C)C(CC/C=C\CC(CC)CCC(C)F)C1CCC(CC)C1.CC.CC(C)C.CC1CCCC1C. The molecule has 222 valence electrons. The molecule has 2 fully saturated rings. The number of hydrogen-bond donors (Lipinski definition) is 0. The fourth-order valence-corrected chi connectivity index (χ4v) is 5.70. The van der Waals surface area contributed by atoms with Crippen LogP contribution in [-0.2, 0) is 0 Å². The van der Waals surface area contributed by atoms with Crippen LogP contribution in [0, 0.1) is 41.4 Å². The first-order chi connectivity index (χ1) is 17.5. The number of hydrogen-bond acceptors (Lipinski definition) is 0. The van der Waals surface area contributed by atoms with E-state index in [9.17, 15) is 4.39 Å². The Morgan fingerprint density at radius 3 is 1.84 bits per heavy atom. The van der Waals surface area contributed by atoms with Gasteiger partial charge in [-0.15, -0.1) is 0 Å². The Morgan fingerprint density at radius 2 is 1.46 bits per heavy atom. The second-order valence-electron chi connectivity index (χ2n) is 12.8. The number of allylic oxidation sites excluding steroid dienone is 3. The molecule has 0 nitrogen and oxygen atoms in total. The van der Waals surface area contributed by atoms with Gasteiger partial charge in [-0.3, -0.25) is 0 Å². The van der Waals surface area contributed by atoms with Gasteiger partial charge in [-0.05, 0) is 100 Å². The van der Waals surface area contributed by atoms with Gasteiger partial charge in [-0.25, -0.2) is 4.39 Å². The molecule has 0 N–H and O–H groups in total. The van der Waals surface area contributed by atoms with Crippen molar-refractivity contribution < 1.29 is 4.39 Å². The lowest BCUT2D eigenvalue weighted by molar-refractivity contribution is 0.306. The number of halogens is 1. The van der Waals surface area contributed by atoms with Crippen LogP contribution in [0.4, 0.5) is 4.39 Å². The lowest BCUT2D eigenvalue weighted by Crippen LogP contribution is -2.13. The summed E-state index contributed by atoms with van der Waals surface area (Å²) in [6, 6.07) is 0. The number of alkyl halides is 1. The molecule has 0 aromatic heterocycles. The summed E-state index contributed by atoms with van der Waals surface area (Å²) in [5.74, 6) is 6.04. The van der Waals surface area contributed by atoms with Crippen molar-refractivity contribution in [3.63, 3.8) is 0 Å². The predicted molar refractivity (Wildman–Crippen MR) is 170 cm³/mol. The van der Waals surface area contributed by atoms with Gasteiger partial charge < -0.3 is 0 Å². The van der Waals surface area contributed by atoms with Gasteiger partial charge in [0.15, 0.2) is 0 Å². The van der Waals surface area contributed by atoms with E-state index in [-0.39, 0.29) is 0 Å². The summed E-state index contributed by atoms with van der Waals surface area (Å²) in [6.07, 6.45) is 20.5. The van der Waals surface area contributed by atoms with E-state index < -0.39 is 6.17 Å². The third kappa shape index (κ3) is 21.0. The van der Waals surface area contributed by atoms with E-state index in [4.69, 9.17) is 0 Å². The molecule has 1 heteroatoms. The Morgan fingerprint density at radius 1 is 0.892 bits per heavy atom. The highest BCUT2D eigenvalue weighted by Gasteiger charge is 2.29. The average molecular weight is 523 g/mol. The van der Waals surface area contributed by atoms with E-state index in [0.29, 0.717) is 18.3 Å². The molecule has 0 spiro atoms. The van der Waals surface area contributed by atoms with Crippen molar-refractivity contribution in [3.8, 4) is 0 Å². The van der Waals surface area contributed by atoms with E-state index >= 15 is 0 Å². The van der Waals surface area contributed by atoms with Crippen molar-refractivity contribution in [2.45, 2.75) is 166 Å². The predicted octanol–water partition coefficient (Wildman–Crippen LogP) is 13.0. The molecule has 2 rings (SSSR count). The molecule has 0 aliphatic heterocycles. The van der Waals surface area contributed by atoms with Crippen molar-refractivity contribution >= 4 is 0 Å². The van der Waals surface area contributed by atoms with Gasteiger partial charge >= 0.3 is 0 Å². The van der Waals surface area contributed by atoms with E-state index in [1.165, 1.54) is 63.4 Å². The summed E-state index contributed by atoms with van der Waals surface area (Å²) in [6.45, 7) is 27.9. The van der Waals surface area contributed by atoms with E-state index in [2.05, 4.69) is 74.1 Å². The molecule has 0 radical (unpaired) electrons. The highest BCUT2D eigenvalue weighted by molar-refractivity contribution is 5.02. The van der Waals surface area contributed by atoms with E-state index in [0.717, 1.165) is 48.9 Å². The maximum absolute atomic E-state index is 13.0.